The summed E-state index contributed by atoms with van der Waals surface area (Å²) in [4.78, 5) is 91.0. The molecule has 0 aliphatic carbocycles. The van der Waals surface area contributed by atoms with Crippen LogP contribution < -0.4 is 33.2 Å². The van der Waals surface area contributed by atoms with Gasteiger partial charge >= 0.3 is 0 Å². The number of likely N-dealkylation sites (tertiary alicyclic amines) is 7. The van der Waals surface area contributed by atoms with Crippen molar-refractivity contribution in [3.8, 4) is 40.2 Å². The van der Waals surface area contributed by atoms with Crippen LogP contribution in [0.3, 0.4) is 0 Å². The van der Waals surface area contributed by atoms with E-state index in [1.54, 1.807) is 84.9 Å². The zero-order valence-corrected chi connectivity index (χ0v) is 75.3. The lowest BCUT2D eigenvalue weighted by Crippen LogP contribution is -2.39. The van der Waals surface area contributed by atoms with Crippen LogP contribution in [0.4, 0.5) is 0 Å². The van der Waals surface area contributed by atoms with E-state index in [4.69, 9.17) is 33.2 Å². The SMILES string of the molecule is C[C@@H]1CCCN1CCOc1ccc(C=O)cc1.C[C@@H]1CCCN1[C@@H](C)COc1ccc(C=O)cc1.C[C@@H]1CCCN1[C@@H](C)COc1ccc(C=O)cc1.C[C@@H]1CCN([C@@H](C)COc2ccc(C=O)cc2)C1.C[C@H]1CCCN1CCOc1ccc(C=O)cc1.C[C@H]1CCN(CCOc2ccc(C=O)cc2)C1.C[C@H]1CCN([C@@H](C)COc2ccc(C=O)cc2)C1. The predicted octanol–water partition coefficient (Wildman–Crippen LogP) is 17.7. The highest BCUT2D eigenvalue weighted by molar-refractivity contribution is 5.77. The molecule has 21 nitrogen and oxygen atoms in total. The van der Waals surface area contributed by atoms with Crippen molar-refractivity contribution in [2.45, 2.75) is 195 Å². The second kappa shape index (κ2) is 55.0. The molecule has 11 atom stereocenters. The molecule has 0 saturated carbocycles. The number of nitrogens with zero attached hydrogens (tertiary/aromatic N) is 7. The van der Waals surface area contributed by atoms with Crippen LogP contribution in [0.15, 0.2) is 170 Å². The van der Waals surface area contributed by atoms with E-state index in [1.165, 1.54) is 136 Å². The minimum Gasteiger partial charge on any atom is -0.492 e. The second-order valence-corrected chi connectivity index (χ2v) is 34.5. The molecule has 0 bridgehead atoms. The van der Waals surface area contributed by atoms with E-state index >= 15 is 0 Å². The Balaban J connectivity index is 0.000000178. The smallest absolute Gasteiger partial charge is 0.150 e. The van der Waals surface area contributed by atoms with Crippen LogP contribution in [0.1, 0.15) is 219 Å². The van der Waals surface area contributed by atoms with Gasteiger partial charge in [-0.05, 0) is 359 Å². The Morgan fingerprint density at radius 2 is 0.504 bits per heavy atom. The van der Waals surface area contributed by atoms with Gasteiger partial charge in [-0.15, -0.1) is 0 Å². The van der Waals surface area contributed by atoms with Gasteiger partial charge in [0.25, 0.3) is 0 Å². The van der Waals surface area contributed by atoms with Crippen molar-refractivity contribution >= 4 is 44.0 Å². The van der Waals surface area contributed by atoms with Gasteiger partial charge in [0.05, 0.1) is 0 Å². The number of hydrogen-bond acceptors (Lipinski definition) is 21. The number of ether oxygens (including phenoxy) is 7. The van der Waals surface area contributed by atoms with Crippen molar-refractivity contribution < 1.29 is 66.7 Å². The molecule has 7 aromatic rings. The van der Waals surface area contributed by atoms with Gasteiger partial charge < -0.3 is 33.2 Å². The fourth-order valence-electron chi connectivity index (χ4n) is 16.5. The van der Waals surface area contributed by atoms with E-state index < -0.39 is 0 Å². The highest BCUT2D eigenvalue weighted by Crippen LogP contribution is 2.27. The first-order valence-corrected chi connectivity index (χ1v) is 45.1. The third-order valence-electron chi connectivity index (χ3n) is 24.4. The number of benzene rings is 7. The van der Waals surface area contributed by atoms with Crippen molar-refractivity contribution in [1.29, 1.82) is 0 Å². The Bertz CT molecular complexity index is 3900. The highest BCUT2D eigenvalue weighted by atomic mass is 16.5. The summed E-state index contributed by atoms with van der Waals surface area (Å²) in [5, 5.41) is 0. The fourth-order valence-corrected chi connectivity index (χ4v) is 16.5. The molecule has 0 unspecified atom stereocenters. The zero-order valence-electron chi connectivity index (χ0n) is 75.3. The van der Waals surface area contributed by atoms with Crippen LogP contribution in [0.2, 0.25) is 0 Å². The van der Waals surface area contributed by atoms with Crippen LogP contribution in [0.5, 0.6) is 40.2 Å². The molecule has 7 heterocycles. The monoisotopic (exact) mass is 1690 g/mol. The summed E-state index contributed by atoms with van der Waals surface area (Å²) in [5.74, 6) is 8.27. The minimum atomic E-state index is 0.438. The van der Waals surface area contributed by atoms with Crippen LogP contribution in [0.25, 0.3) is 0 Å². The molecule has 0 spiro atoms. The van der Waals surface area contributed by atoms with Gasteiger partial charge in [0, 0.05) is 127 Å². The van der Waals surface area contributed by atoms with Gasteiger partial charge in [0.1, 0.15) is 130 Å². The Kier molecular flexibility index (Phi) is 44.3. The van der Waals surface area contributed by atoms with Crippen molar-refractivity contribution in [1.82, 2.24) is 34.3 Å². The quantitative estimate of drug-likeness (QED) is 0.0338. The lowest BCUT2D eigenvalue weighted by Gasteiger charge is -2.28. The van der Waals surface area contributed by atoms with E-state index in [0.29, 0.717) is 134 Å². The summed E-state index contributed by atoms with van der Waals surface area (Å²) in [6.45, 7) is 44.5. The topological polar surface area (TPSA) is 207 Å². The van der Waals surface area contributed by atoms with Crippen LogP contribution in [-0.2, 0) is 0 Å². The molecule has 0 radical (unpaired) electrons. The summed E-state index contributed by atoms with van der Waals surface area (Å²) < 4.78 is 40.0. The summed E-state index contributed by atoms with van der Waals surface area (Å²) in [5.41, 5.74) is 4.79. The molecule has 0 N–H and O–H groups in total. The first-order chi connectivity index (χ1) is 59.6. The van der Waals surface area contributed by atoms with Gasteiger partial charge in [0.15, 0.2) is 0 Å². The standard InChI is InChI=1S/4C15H21NO2.3C14H19NO2/c2*1-12-7-8-16(9-12)13(2)11-18-15-5-3-14(10-17)4-6-15;2*1-12-4-3-9-16(12)13(2)11-18-15-7-5-14(10-17)6-8-15;1-12-6-7-15(10-12)8-9-17-14-4-2-13(11-16)3-5-14;2*1-12-3-2-8-15(12)9-10-17-14-6-4-13(11-16)5-7-14/h2*3-6,10,12-13H,7-9,11H2,1-2H3;2*5-8,10,12-13H,3-4,9,11H2,1-2H3;2-5,11-12H,6-10H2,1H3;2*4-7,11-12H,2-3,8-10H2,1H3/t12-,13+;12-,13-;2*12-,13+;3*12-/m1011010/s1. The van der Waals surface area contributed by atoms with Crippen molar-refractivity contribution in [3.05, 3.63) is 209 Å². The maximum absolute atomic E-state index is 10.5. The summed E-state index contributed by atoms with van der Waals surface area (Å²) in [6, 6.07) is 55.3. The Morgan fingerprint density at radius 3 is 0.724 bits per heavy atom. The van der Waals surface area contributed by atoms with Gasteiger partial charge in [0.2, 0.25) is 0 Å². The first-order valence-electron chi connectivity index (χ1n) is 45.1. The van der Waals surface area contributed by atoms with Gasteiger partial charge in [-0.25, -0.2) is 0 Å². The second-order valence-electron chi connectivity index (χ2n) is 34.5. The summed E-state index contributed by atoms with van der Waals surface area (Å²) in [6.07, 6.45) is 20.2. The normalized spacial score (nSPS) is 21.2. The molecule has 0 amide bonds. The molecule has 7 fully saturated rings. The van der Waals surface area contributed by atoms with Gasteiger partial charge in [-0.2, -0.15) is 0 Å². The van der Waals surface area contributed by atoms with E-state index in [1.807, 2.05) is 84.9 Å². The number of hydrogen-bond donors (Lipinski definition) is 0. The van der Waals surface area contributed by atoms with E-state index in [-0.39, 0.29) is 0 Å². The molecule has 668 valence electrons. The fraction of sp³-hybridized carbons (Fsp3) is 0.520. The maximum atomic E-state index is 10.5. The van der Waals surface area contributed by atoms with E-state index in [9.17, 15) is 33.6 Å². The highest BCUT2D eigenvalue weighted by Gasteiger charge is 2.29. The number of rotatable bonds is 35. The van der Waals surface area contributed by atoms with E-state index in [2.05, 4.69) is 110 Å². The lowest BCUT2D eigenvalue weighted by atomic mass is 10.2. The average molecular weight is 1690 g/mol. The first kappa shape index (κ1) is 99.0. The molecule has 0 aromatic heterocycles. The summed E-state index contributed by atoms with van der Waals surface area (Å²) >= 11 is 0. The molecular formula is C102H141N7O14. The molecular weight excluding hydrogens is 1550 g/mol. The van der Waals surface area contributed by atoms with Crippen LogP contribution >= 0.6 is 0 Å². The molecule has 14 rings (SSSR count). The molecule has 7 aliphatic heterocycles. The maximum Gasteiger partial charge on any atom is 0.150 e. The Labute approximate surface area is 734 Å². The minimum absolute atomic E-state index is 0.438. The molecule has 7 aromatic carbocycles. The van der Waals surface area contributed by atoms with Crippen molar-refractivity contribution in [2.24, 2.45) is 17.8 Å². The van der Waals surface area contributed by atoms with Crippen LogP contribution in [-0.4, -0.2) is 258 Å². The number of carbonyl (C=O) groups excluding carboxylic acids is 7. The number of aldehydes is 7. The van der Waals surface area contributed by atoms with Gasteiger partial charge in [-0.3, -0.25) is 67.9 Å². The summed E-state index contributed by atoms with van der Waals surface area (Å²) in [7, 11) is 0. The molecule has 7 saturated heterocycles. The molecule has 7 aliphatic rings. The van der Waals surface area contributed by atoms with Gasteiger partial charge in [-0.1, -0.05) is 20.8 Å². The van der Waals surface area contributed by atoms with Crippen molar-refractivity contribution in [2.75, 3.05) is 131 Å². The zero-order chi connectivity index (χ0) is 88.1. The third kappa shape index (κ3) is 36.0. The largest absolute Gasteiger partial charge is 0.492 e. The molecule has 123 heavy (non-hydrogen) atoms. The average Bonchev–Trinajstić information content (AvgIpc) is 1.43. The van der Waals surface area contributed by atoms with Crippen LogP contribution in [0, 0.1) is 17.8 Å². The lowest BCUT2D eigenvalue weighted by molar-refractivity contribution is 0.111. The number of carbonyl (C=O) groups is 7. The Hall–Kier alpha value is -9.45. The Morgan fingerprint density at radius 1 is 0.268 bits per heavy atom. The predicted molar refractivity (Wildman–Crippen MR) is 491 cm³/mol. The van der Waals surface area contributed by atoms with E-state index in [0.717, 1.165) is 122 Å². The molecule has 21 heteroatoms. The van der Waals surface area contributed by atoms with Crippen molar-refractivity contribution in [3.63, 3.8) is 0 Å². The third-order valence-corrected chi connectivity index (χ3v) is 24.4.